The second-order valence-electron chi connectivity index (χ2n) is 6.10. The van der Waals surface area contributed by atoms with E-state index in [1.165, 1.54) is 19.3 Å². The third-order valence-corrected chi connectivity index (χ3v) is 4.40. The van der Waals surface area contributed by atoms with E-state index in [1.54, 1.807) is 18.1 Å². The number of amides is 2. The van der Waals surface area contributed by atoms with Gasteiger partial charge in [-0.05, 0) is 37.1 Å². The Balaban J connectivity index is 2.01. The van der Waals surface area contributed by atoms with Crippen molar-refractivity contribution in [1.82, 2.24) is 16.1 Å². The van der Waals surface area contributed by atoms with Crippen LogP contribution in [0.5, 0.6) is 0 Å². The molecule has 140 valence electrons. The predicted octanol–water partition coefficient (Wildman–Crippen LogP) is 1.67. The number of carbonyl (C=O) groups excluding carboxylic acids is 3. The van der Waals surface area contributed by atoms with E-state index >= 15 is 0 Å². The first-order valence-corrected chi connectivity index (χ1v) is 8.28. The predicted molar refractivity (Wildman–Crippen MR) is 101 cm³/mol. The third-order valence-electron chi connectivity index (χ3n) is 4.40. The number of hydrogen-bond donors (Lipinski definition) is 4. The smallest absolute Gasteiger partial charge is 0.268 e. The lowest BCUT2D eigenvalue weighted by Crippen LogP contribution is -2.57. The van der Waals surface area contributed by atoms with Crippen molar-refractivity contribution in [3.05, 3.63) is 65.7 Å². The zero-order valence-corrected chi connectivity index (χ0v) is 15.1. The lowest BCUT2D eigenvalue weighted by Gasteiger charge is -2.27. The largest absolute Gasteiger partial charge is 0.339 e. The van der Waals surface area contributed by atoms with E-state index in [4.69, 9.17) is 5.21 Å². The second-order valence-corrected chi connectivity index (χ2v) is 6.10. The number of carbonyl (C=O) groups is 2. The number of nitrogens with one attached hydrogen (secondary N) is 3. The Morgan fingerprint density at radius 2 is 1.63 bits per heavy atom. The SMILES string of the molecule is CC(=C=O)C(C)(NCNC(=O)c1ccc(-c2ccccc2)cc1)C(=O)NO. The zero-order valence-electron chi connectivity index (χ0n) is 15.1. The van der Waals surface area contributed by atoms with E-state index in [2.05, 4.69) is 10.6 Å². The summed E-state index contributed by atoms with van der Waals surface area (Å²) in [5.74, 6) is 0.457. The van der Waals surface area contributed by atoms with Crippen LogP contribution in [-0.4, -0.2) is 35.2 Å². The van der Waals surface area contributed by atoms with Crippen LogP contribution in [0.25, 0.3) is 11.1 Å². The van der Waals surface area contributed by atoms with Gasteiger partial charge >= 0.3 is 0 Å². The Morgan fingerprint density at radius 3 is 2.19 bits per heavy atom. The fourth-order valence-corrected chi connectivity index (χ4v) is 2.44. The summed E-state index contributed by atoms with van der Waals surface area (Å²) in [4.78, 5) is 35.0. The van der Waals surface area contributed by atoms with Gasteiger partial charge in [0.25, 0.3) is 11.8 Å². The van der Waals surface area contributed by atoms with Crippen molar-refractivity contribution >= 4 is 17.8 Å². The van der Waals surface area contributed by atoms with Gasteiger partial charge in [0, 0.05) is 11.1 Å². The van der Waals surface area contributed by atoms with Crippen LogP contribution in [0.2, 0.25) is 0 Å². The summed E-state index contributed by atoms with van der Waals surface area (Å²) >= 11 is 0. The van der Waals surface area contributed by atoms with Crippen molar-refractivity contribution in [1.29, 1.82) is 0 Å². The van der Waals surface area contributed by atoms with E-state index in [-0.39, 0.29) is 18.1 Å². The molecule has 0 radical (unpaired) electrons. The fourth-order valence-electron chi connectivity index (χ4n) is 2.44. The number of hydrogen-bond acceptors (Lipinski definition) is 5. The molecule has 0 spiro atoms. The lowest BCUT2D eigenvalue weighted by atomic mass is 9.93. The monoisotopic (exact) mass is 367 g/mol. The van der Waals surface area contributed by atoms with E-state index in [1.807, 2.05) is 42.5 Å². The molecule has 27 heavy (non-hydrogen) atoms. The molecule has 0 aromatic heterocycles. The topological polar surface area (TPSA) is 108 Å². The van der Waals surface area contributed by atoms with Crippen LogP contribution in [0.15, 0.2) is 60.2 Å². The molecule has 0 heterocycles. The van der Waals surface area contributed by atoms with Crippen molar-refractivity contribution in [2.24, 2.45) is 0 Å². The fraction of sp³-hybridized carbons (Fsp3) is 0.200. The van der Waals surface area contributed by atoms with Crippen LogP contribution < -0.4 is 16.1 Å². The van der Waals surface area contributed by atoms with Crippen molar-refractivity contribution in [2.75, 3.05) is 6.67 Å². The molecule has 1 unspecified atom stereocenters. The van der Waals surface area contributed by atoms with E-state index < -0.39 is 11.4 Å². The Kier molecular flexibility index (Phi) is 6.62. The normalized spacial score (nSPS) is 12.4. The van der Waals surface area contributed by atoms with Crippen molar-refractivity contribution in [3.8, 4) is 11.1 Å². The molecule has 0 fully saturated rings. The minimum Gasteiger partial charge on any atom is -0.339 e. The van der Waals surface area contributed by atoms with Gasteiger partial charge in [-0.3, -0.25) is 20.1 Å². The molecule has 0 bridgehead atoms. The van der Waals surface area contributed by atoms with Crippen LogP contribution in [0.1, 0.15) is 24.2 Å². The van der Waals surface area contributed by atoms with Crippen LogP contribution in [0.3, 0.4) is 0 Å². The Hall–Kier alpha value is -3.25. The Morgan fingerprint density at radius 1 is 1.04 bits per heavy atom. The molecular formula is C20H21N3O4. The number of benzene rings is 2. The zero-order chi connectivity index (χ0) is 19.9. The Bertz CT molecular complexity index is 859. The highest BCUT2D eigenvalue weighted by Gasteiger charge is 2.35. The molecule has 2 aromatic rings. The van der Waals surface area contributed by atoms with Crippen LogP contribution in [-0.2, 0) is 9.59 Å². The minimum absolute atomic E-state index is 0.0375. The molecule has 2 amide bonds. The molecule has 2 rings (SSSR count). The molecule has 2 aromatic carbocycles. The molecule has 4 N–H and O–H groups in total. The maximum atomic E-state index is 12.3. The average Bonchev–Trinajstić information content (AvgIpc) is 2.72. The first kappa shape index (κ1) is 20.1. The highest BCUT2D eigenvalue weighted by molar-refractivity contribution is 5.95. The van der Waals surface area contributed by atoms with Gasteiger partial charge in [-0.25, -0.2) is 10.3 Å². The van der Waals surface area contributed by atoms with Crippen LogP contribution in [0, 0.1) is 0 Å². The van der Waals surface area contributed by atoms with Crippen molar-refractivity contribution < 1.29 is 19.6 Å². The first-order chi connectivity index (χ1) is 12.9. The maximum Gasteiger partial charge on any atom is 0.268 e. The quantitative estimate of drug-likeness (QED) is 0.258. The van der Waals surface area contributed by atoms with Gasteiger partial charge in [0.2, 0.25) is 0 Å². The number of hydroxylamine groups is 1. The molecule has 0 aliphatic rings. The van der Waals surface area contributed by atoms with Gasteiger partial charge in [-0.2, -0.15) is 0 Å². The molecule has 0 aliphatic carbocycles. The highest BCUT2D eigenvalue weighted by Crippen LogP contribution is 2.19. The van der Waals surface area contributed by atoms with Gasteiger partial charge in [-0.15, -0.1) is 0 Å². The third kappa shape index (κ3) is 4.68. The Labute approximate surface area is 157 Å². The molecule has 1 atom stereocenters. The standard InChI is InChI=1S/C20H21N3O4/c1-14(12-24)20(2,19(26)23-27)22-13-21-18(25)17-10-8-16(9-11-17)15-6-4-3-5-7-15/h3-11,22,27H,13H2,1-2H3,(H,21,25)(H,23,26). The van der Waals surface area contributed by atoms with Crippen LogP contribution in [0.4, 0.5) is 0 Å². The summed E-state index contributed by atoms with van der Waals surface area (Å²) in [6.45, 7) is 2.71. The summed E-state index contributed by atoms with van der Waals surface area (Å²) in [6, 6.07) is 16.9. The summed E-state index contributed by atoms with van der Waals surface area (Å²) < 4.78 is 0. The maximum absolute atomic E-state index is 12.3. The van der Waals surface area contributed by atoms with E-state index in [0.717, 1.165) is 11.1 Å². The van der Waals surface area contributed by atoms with E-state index in [9.17, 15) is 14.4 Å². The average molecular weight is 367 g/mol. The molecule has 0 aliphatic heterocycles. The summed E-state index contributed by atoms with van der Waals surface area (Å²) in [6.07, 6.45) is 0. The van der Waals surface area contributed by atoms with Crippen molar-refractivity contribution in [2.45, 2.75) is 19.4 Å². The second kappa shape index (κ2) is 8.91. The molecular weight excluding hydrogens is 346 g/mol. The van der Waals surface area contributed by atoms with E-state index in [0.29, 0.717) is 5.56 Å². The lowest BCUT2D eigenvalue weighted by molar-refractivity contribution is -0.134. The van der Waals surface area contributed by atoms with Crippen molar-refractivity contribution in [3.63, 3.8) is 0 Å². The van der Waals surface area contributed by atoms with Gasteiger partial charge < -0.3 is 5.32 Å². The summed E-state index contributed by atoms with van der Waals surface area (Å²) in [5, 5.41) is 14.2. The van der Waals surface area contributed by atoms with Gasteiger partial charge in [0.1, 0.15) is 11.5 Å². The highest BCUT2D eigenvalue weighted by atomic mass is 16.5. The molecule has 7 nitrogen and oxygen atoms in total. The van der Waals surface area contributed by atoms with Gasteiger partial charge in [0.15, 0.2) is 0 Å². The molecule has 0 saturated carbocycles. The van der Waals surface area contributed by atoms with Gasteiger partial charge in [0.05, 0.1) is 6.67 Å². The summed E-state index contributed by atoms with van der Waals surface area (Å²) in [7, 11) is 0. The van der Waals surface area contributed by atoms with Crippen LogP contribution >= 0.6 is 0 Å². The first-order valence-electron chi connectivity index (χ1n) is 8.28. The molecule has 7 heteroatoms. The van der Waals surface area contributed by atoms with Gasteiger partial charge in [-0.1, -0.05) is 42.5 Å². The number of rotatable bonds is 7. The molecule has 0 saturated heterocycles. The summed E-state index contributed by atoms with van der Waals surface area (Å²) in [5.41, 5.74) is 2.53. The minimum atomic E-state index is -1.50.